The van der Waals surface area contributed by atoms with Crippen LogP contribution in [0.1, 0.15) is 6.92 Å². The average Bonchev–Trinajstić information content (AvgIpc) is 2.64. The van der Waals surface area contributed by atoms with Crippen molar-refractivity contribution in [3.8, 4) is 5.75 Å². The molecule has 0 saturated carbocycles. The first-order chi connectivity index (χ1) is 7.27. The van der Waals surface area contributed by atoms with E-state index in [0.29, 0.717) is 0 Å². The number of ether oxygens (including phenoxy) is 1. The molecule has 0 spiro atoms. The maximum absolute atomic E-state index is 6.02. The highest BCUT2D eigenvalue weighted by atomic mass is 16.5. The van der Waals surface area contributed by atoms with E-state index in [4.69, 9.17) is 4.74 Å². The molecule has 2 heterocycles. The molecule has 3 rings (SSSR count). The second-order valence-electron chi connectivity index (χ2n) is 4.35. The molecule has 1 aromatic heterocycles. The van der Waals surface area contributed by atoms with Crippen molar-refractivity contribution in [1.82, 2.24) is 10.3 Å². The van der Waals surface area contributed by atoms with E-state index >= 15 is 0 Å². The van der Waals surface area contributed by atoms with E-state index in [9.17, 15) is 0 Å². The van der Waals surface area contributed by atoms with Crippen LogP contribution >= 0.6 is 0 Å². The van der Waals surface area contributed by atoms with Gasteiger partial charge in [0.2, 0.25) is 0 Å². The Hall–Kier alpha value is -1.48. The van der Waals surface area contributed by atoms with E-state index in [-0.39, 0.29) is 5.60 Å². The summed E-state index contributed by atoms with van der Waals surface area (Å²) in [6, 6.07) is 8.19. The minimum Gasteiger partial charge on any atom is -0.483 e. The Morgan fingerprint density at radius 3 is 2.87 bits per heavy atom. The summed E-state index contributed by atoms with van der Waals surface area (Å²) in [6.07, 6.45) is 1.94. The highest BCUT2D eigenvalue weighted by molar-refractivity contribution is 5.85. The Kier molecular flexibility index (Phi) is 1.76. The molecule has 2 aromatic rings. The van der Waals surface area contributed by atoms with Crippen LogP contribution in [0, 0.1) is 0 Å². The molecule has 1 aliphatic rings. The lowest BCUT2D eigenvalue weighted by Crippen LogP contribution is -2.61. The molecule has 2 N–H and O–H groups in total. The van der Waals surface area contributed by atoms with Crippen LogP contribution in [-0.2, 0) is 0 Å². The highest BCUT2D eigenvalue weighted by Gasteiger charge is 2.34. The van der Waals surface area contributed by atoms with E-state index in [1.807, 2.05) is 18.3 Å². The van der Waals surface area contributed by atoms with E-state index in [1.165, 1.54) is 5.39 Å². The van der Waals surface area contributed by atoms with Gasteiger partial charge in [-0.1, -0.05) is 12.1 Å². The van der Waals surface area contributed by atoms with Crippen molar-refractivity contribution in [3.05, 3.63) is 30.5 Å². The predicted molar refractivity (Wildman–Crippen MR) is 60.2 cm³/mol. The van der Waals surface area contributed by atoms with Gasteiger partial charge in [-0.25, -0.2) is 0 Å². The number of fused-ring (bicyclic) bond motifs is 1. The minimum absolute atomic E-state index is 0.0423. The molecule has 3 nitrogen and oxygen atoms in total. The van der Waals surface area contributed by atoms with Crippen molar-refractivity contribution in [2.75, 3.05) is 13.1 Å². The van der Waals surface area contributed by atoms with Gasteiger partial charge in [-0.05, 0) is 19.1 Å². The van der Waals surface area contributed by atoms with E-state index in [1.54, 1.807) is 0 Å². The van der Waals surface area contributed by atoms with Crippen LogP contribution < -0.4 is 10.1 Å². The summed E-state index contributed by atoms with van der Waals surface area (Å²) in [5.41, 5.74) is 1.05. The zero-order chi connectivity index (χ0) is 10.3. The van der Waals surface area contributed by atoms with Gasteiger partial charge < -0.3 is 15.0 Å². The zero-order valence-electron chi connectivity index (χ0n) is 8.71. The van der Waals surface area contributed by atoms with Gasteiger partial charge in [0, 0.05) is 24.7 Å². The van der Waals surface area contributed by atoms with Gasteiger partial charge in [-0.2, -0.15) is 0 Å². The fourth-order valence-electron chi connectivity index (χ4n) is 1.96. The van der Waals surface area contributed by atoms with Crippen LogP contribution in [0.3, 0.4) is 0 Å². The van der Waals surface area contributed by atoms with Crippen LogP contribution in [0.2, 0.25) is 0 Å². The number of aromatic amines is 1. The quantitative estimate of drug-likeness (QED) is 0.780. The SMILES string of the molecule is CC1(Oc2cccc3cc[nH]c23)CNC1. The van der Waals surface area contributed by atoms with Gasteiger partial charge in [0.25, 0.3) is 0 Å². The third-order valence-electron chi connectivity index (χ3n) is 2.90. The van der Waals surface area contributed by atoms with Crippen LogP contribution in [-0.4, -0.2) is 23.7 Å². The lowest BCUT2D eigenvalue weighted by molar-refractivity contribution is 0.0362. The van der Waals surface area contributed by atoms with E-state index < -0.39 is 0 Å². The van der Waals surface area contributed by atoms with E-state index in [0.717, 1.165) is 24.4 Å². The van der Waals surface area contributed by atoms with Crippen molar-refractivity contribution in [3.63, 3.8) is 0 Å². The Morgan fingerprint density at radius 2 is 2.13 bits per heavy atom. The summed E-state index contributed by atoms with van der Waals surface area (Å²) in [5, 5.41) is 4.43. The Labute approximate surface area is 88.4 Å². The number of hydrogen-bond donors (Lipinski definition) is 2. The highest BCUT2D eigenvalue weighted by Crippen LogP contribution is 2.28. The first kappa shape index (κ1) is 8.80. The second kappa shape index (κ2) is 3.00. The van der Waals surface area contributed by atoms with Crippen molar-refractivity contribution in [2.24, 2.45) is 0 Å². The molecule has 3 heteroatoms. The lowest BCUT2D eigenvalue weighted by Gasteiger charge is -2.39. The molecule has 1 fully saturated rings. The largest absolute Gasteiger partial charge is 0.483 e. The zero-order valence-corrected chi connectivity index (χ0v) is 8.71. The molecule has 78 valence electrons. The topological polar surface area (TPSA) is 37.0 Å². The van der Waals surface area contributed by atoms with E-state index in [2.05, 4.69) is 29.4 Å². The van der Waals surface area contributed by atoms with Crippen LogP contribution in [0.15, 0.2) is 30.5 Å². The van der Waals surface area contributed by atoms with Crippen LogP contribution in [0.4, 0.5) is 0 Å². The number of H-pyrrole nitrogens is 1. The number of rotatable bonds is 2. The molecule has 0 bridgehead atoms. The summed E-state index contributed by atoms with van der Waals surface area (Å²) in [4.78, 5) is 3.21. The van der Waals surface area contributed by atoms with Gasteiger partial charge in [-0.15, -0.1) is 0 Å². The number of benzene rings is 1. The normalized spacial score (nSPS) is 18.7. The molecule has 0 unspecified atom stereocenters. The molecule has 0 aliphatic carbocycles. The maximum atomic E-state index is 6.02. The molecule has 1 aliphatic heterocycles. The van der Waals surface area contributed by atoms with Crippen molar-refractivity contribution < 1.29 is 4.74 Å². The Morgan fingerprint density at radius 1 is 1.27 bits per heavy atom. The van der Waals surface area contributed by atoms with Crippen molar-refractivity contribution in [1.29, 1.82) is 0 Å². The minimum atomic E-state index is -0.0423. The molecule has 0 amide bonds. The molecule has 15 heavy (non-hydrogen) atoms. The smallest absolute Gasteiger partial charge is 0.144 e. The number of hydrogen-bond acceptors (Lipinski definition) is 2. The van der Waals surface area contributed by atoms with Crippen molar-refractivity contribution >= 4 is 10.9 Å². The monoisotopic (exact) mass is 202 g/mol. The number of para-hydroxylation sites is 1. The molecule has 1 saturated heterocycles. The second-order valence-corrected chi connectivity index (χ2v) is 4.35. The Bertz CT molecular complexity index is 485. The summed E-state index contributed by atoms with van der Waals surface area (Å²) >= 11 is 0. The first-order valence-electron chi connectivity index (χ1n) is 5.23. The van der Waals surface area contributed by atoms with Gasteiger partial charge in [0.05, 0.1) is 5.52 Å². The van der Waals surface area contributed by atoms with Crippen LogP contribution in [0.25, 0.3) is 10.9 Å². The third-order valence-corrected chi connectivity index (χ3v) is 2.90. The average molecular weight is 202 g/mol. The molecule has 0 radical (unpaired) electrons. The van der Waals surface area contributed by atoms with Crippen molar-refractivity contribution in [2.45, 2.75) is 12.5 Å². The molecule has 0 atom stereocenters. The number of aromatic nitrogens is 1. The first-order valence-corrected chi connectivity index (χ1v) is 5.23. The predicted octanol–water partition coefficient (Wildman–Crippen LogP) is 1.91. The summed E-state index contributed by atoms with van der Waals surface area (Å²) in [5.74, 6) is 0.946. The maximum Gasteiger partial charge on any atom is 0.144 e. The fraction of sp³-hybridized carbons (Fsp3) is 0.333. The summed E-state index contributed by atoms with van der Waals surface area (Å²) < 4.78 is 6.02. The molecular formula is C12H14N2O. The molecule has 1 aromatic carbocycles. The van der Waals surface area contributed by atoms with Gasteiger partial charge >= 0.3 is 0 Å². The lowest BCUT2D eigenvalue weighted by atomic mass is 10.00. The summed E-state index contributed by atoms with van der Waals surface area (Å²) in [6.45, 7) is 3.97. The summed E-state index contributed by atoms with van der Waals surface area (Å²) in [7, 11) is 0. The molecular weight excluding hydrogens is 188 g/mol. The Balaban J connectivity index is 1.99. The third kappa shape index (κ3) is 1.39. The van der Waals surface area contributed by atoms with Gasteiger partial charge in [-0.3, -0.25) is 0 Å². The van der Waals surface area contributed by atoms with Gasteiger partial charge in [0.1, 0.15) is 11.4 Å². The fourth-order valence-corrected chi connectivity index (χ4v) is 1.96. The number of nitrogens with one attached hydrogen (secondary N) is 2. The van der Waals surface area contributed by atoms with Gasteiger partial charge in [0.15, 0.2) is 0 Å². The van der Waals surface area contributed by atoms with Crippen LogP contribution in [0.5, 0.6) is 5.75 Å². The standard InChI is InChI=1S/C12H14N2O/c1-12(7-13-8-12)15-10-4-2-3-9-5-6-14-11(9)10/h2-6,13-14H,7-8H2,1H3.